The standard InChI is InChI=1S/C23H32N4O5S/c1-17(2)20(16-24)25-12-14-26(15-13-25)22(28)18-8-10-27(11-9-18)33(30,31)21-7-5-4-6-19(21)23(29)32-3/h4-7,17-18,20H,8-15H2,1-3H3. The molecule has 0 N–H and O–H groups in total. The van der Waals surface area contributed by atoms with Crippen molar-refractivity contribution in [2.75, 3.05) is 46.4 Å². The van der Waals surface area contributed by atoms with Crippen LogP contribution in [0.25, 0.3) is 0 Å². The summed E-state index contributed by atoms with van der Waals surface area (Å²) >= 11 is 0. The minimum atomic E-state index is -3.88. The topological polar surface area (TPSA) is 111 Å². The first-order valence-corrected chi connectivity index (χ1v) is 12.7. The van der Waals surface area contributed by atoms with Crippen molar-refractivity contribution in [3.8, 4) is 6.07 Å². The molecule has 2 saturated heterocycles. The van der Waals surface area contributed by atoms with E-state index in [1.54, 1.807) is 12.1 Å². The van der Waals surface area contributed by atoms with Crippen molar-refractivity contribution in [2.24, 2.45) is 11.8 Å². The number of carbonyl (C=O) groups is 2. The second kappa shape index (κ2) is 10.6. The Balaban J connectivity index is 1.60. The number of sulfonamides is 1. The predicted octanol–water partition coefficient (Wildman–Crippen LogP) is 1.57. The number of ether oxygens (including phenoxy) is 1. The highest BCUT2D eigenvalue weighted by molar-refractivity contribution is 7.89. The van der Waals surface area contributed by atoms with Gasteiger partial charge in [-0.3, -0.25) is 9.69 Å². The normalized spacial score (nSPS) is 19.8. The number of hydrogen-bond donors (Lipinski definition) is 0. The number of rotatable bonds is 6. The molecule has 0 saturated carbocycles. The SMILES string of the molecule is COC(=O)c1ccccc1S(=O)(=O)N1CCC(C(=O)N2CCN(C(C#N)C(C)C)CC2)CC1. The molecule has 1 atom stereocenters. The molecule has 180 valence electrons. The number of amides is 1. The molecule has 2 aliphatic rings. The van der Waals surface area contributed by atoms with Crippen LogP contribution in [-0.4, -0.2) is 86.8 Å². The van der Waals surface area contributed by atoms with Crippen molar-refractivity contribution in [2.45, 2.75) is 37.6 Å². The second-order valence-electron chi connectivity index (χ2n) is 8.85. The van der Waals surface area contributed by atoms with Gasteiger partial charge in [0.2, 0.25) is 15.9 Å². The molecule has 0 aliphatic carbocycles. The third kappa shape index (κ3) is 5.37. The summed E-state index contributed by atoms with van der Waals surface area (Å²) in [5.41, 5.74) is 0.00754. The molecule has 3 rings (SSSR count). The molecule has 2 aliphatic heterocycles. The summed E-state index contributed by atoms with van der Waals surface area (Å²) < 4.78 is 32.4. The summed E-state index contributed by atoms with van der Waals surface area (Å²) in [6.45, 7) is 6.98. The average Bonchev–Trinajstić information content (AvgIpc) is 2.84. The minimum absolute atomic E-state index is 0.00754. The molecule has 2 fully saturated rings. The number of piperidine rings is 1. The van der Waals surface area contributed by atoms with Crippen LogP contribution in [0.15, 0.2) is 29.2 Å². The van der Waals surface area contributed by atoms with Gasteiger partial charge in [0.15, 0.2) is 0 Å². The third-order valence-electron chi connectivity index (χ3n) is 6.50. The first-order valence-electron chi connectivity index (χ1n) is 11.3. The van der Waals surface area contributed by atoms with Gasteiger partial charge < -0.3 is 9.64 Å². The molecule has 10 heteroatoms. The lowest BCUT2D eigenvalue weighted by Gasteiger charge is -2.40. The summed E-state index contributed by atoms with van der Waals surface area (Å²) in [6, 6.07) is 8.22. The molecule has 1 amide bonds. The van der Waals surface area contributed by atoms with E-state index < -0.39 is 16.0 Å². The molecule has 1 aromatic rings. The Morgan fingerprint density at radius 1 is 1.06 bits per heavy atom. The van der Waals surface area contributed by atoms with Gasteiger partial charge in [-0.05, 0) is 30.9 Å². The summed E-state index contributed by atoms with van der Waals surface area (Å²) in [4.78, 5) is 29.0. The van der Waals surface area contributed by atoms with Crippen molar-refractivity contribution < 1.29 is 22.7 Å². The number of nitriles is 1. The Kier molecular flexibility index (Phi) is 8.10. The fourth-order valence-electron chi connectivity index (χ4n) is 4.58. The van der Waals surface area contributed by atoms with Gasteiger partial charge in [0.05, 0.1) is 23.6 Å². The zero-order valence-electron chi connectivity index (χ0n) is 19.4. The van der Waals surface area contributed by atoms with Crippen LogP contribution < -0.4 is 0 Å². The van der Waals surface area contributed by atoms with Crippen molar-refractivity contribution in [3.05, 3.63) is 29.8 Å². The van der Waals surface area contributed by atoms with E-state index in [9.17, 15) is 23.3 Å². The van der Waals surface area contributed by atoms with E-state index in [0.29, 0.717) is 39.0 Å². The number of carbonyl (C=O) groups excluding carboxylic acids is 2. The summed E-state index contributed by atoms with van der Waals surface area (Å²) in [5, 5.41) is 9.41. The molecule has 2 heterocycles. The monoisotopic (exact) mass is 476 g/mol. The third-order valence-corrected chi connectivity index (χ3v) is 8.45. The number of methoxy groups -OCH3 is 1. The van der Waals surface area contributed by atoms with E-state index in [-0.39, 0.29) is 47.3 Å². The number of nitrogens with zero attached hydrogens (tertiary/aromatic N) is 4. The second-order valence-corrected chi connectivity index (χ2v) is 10.8. The van der Waals surface area contributed by atoms with Gasteiger partial charge >= 0.3 is 5.97 Å². The first kappa shape index (κ1) is 25.1. The van der Waals surface area contributed by atoms with Crippen LogP contribution in [0.5, 0.6) is 0 Å². The Morgan fingerprint density at radius 2 is 1.67 bits per heavy atom. The molecular weight excluding hydrogens is 444 g/mol. The largest absolute Gasteiger partial charge is 0.465 e. The van der Waals surface area contributed by atoms with Gasteiger partial charge in [-0.2, -0.15) is 9.57 Å². The van der Waals surface area contributed by atoms with Crippen molar-refractivity contribution in [1.82, 2.24) is 14.1 Å². The van der Waals surface area contributed by atoms with Crippen LogP contribution in [0, 0.1) is 23.2 Å². The lowest BCUT2D eigenvalue weighted by atomic mass is 9.96. The maximum absolute atomic E-state index is 13.2. The van der Waals surface area contributed by atoms with Crippen molar-refractivity contribution in [3.63, 3.8) is 0 Å². The maximum atomic E-state index is 13.2. The predicted molar refractivity (Wildman–Crippen MR) is 122 cm³/mol. The molecule has 0 bridgehead atoms. The summed E-state index contributed by atoms with van der Waals surface area (Å²) in [5.74, 6) is -0.641. The van der Waals surface area contributed by atoms with Gasteiger partial charge in [0.1, 0.15) is 6.04 Å². The zero-order chi connectivity index (χ0) is 24.2. The molecule has 9 nitrogen and oxygen atoms in total. The smallest absolute Gasteiger partial charge is 0.339 e. The number of benzene rings is 1. The Labute approximate surface area is 195 Å². The number of esters is 1. The van der Waals surface area contributed by atoms with Gasteiger partial charge in [0.25, 0.3) is 0 Å². The Hall–Kier alpha value is -2.48. The highest BCUT2D eigenvalue weighted by atomic mass is 32.2. The fourth-order valence-corrected chi connectivity index (χ4v) is 6.23. The van der Waals surface area contributed by atoms with Gasteiger partial charge in [0, 0.05) is 45.2 Å². The maximum Gasteiger partial charge on any atom is 0.339 e. The van der Waals surface area contributed by atoms with Crippen LogP contribution >= 0.6 is 0 Å². The van der Waals surface area contributed by atoms with Crippen LogP contribution in [0.1, 0.15) is 37.0 Å². The van der Waals surface area contributed by atoms with Gasteiger partial charge in [-0.15, -0.1) is 0 Å². The highest BCUT2D eigenvalue weighted by Gasteiger charge is 2.36. The van der Waals surface area contributed by atoms with E-state index in [1.807, 2.05) is 18.7 Å². The lowest BCUT2D eigenvalue weighted by molar-refractivity contribution is -0.138. The first-order chi connectivity index (χ1) is 15.7. The van der Waals surface area contributed by atoms with Crippen molar-refractivity contribution >= 4 is 21.9 Å². The molecular formula is C23H32N4O5S. The van der Waals surface area contributed by atoms with Crippen LogP contribution in [0.2, 0.25) is 0 Å². The van der Waals surface area contributed by atoms with E-state index >= 15 is 0 Å². The number of piperazine rings is 1. The van der Waals surface area contributed by atoms with Crippen LogP contribution in [0.3, 0.4) is 0 Å². The zero-order valence-corrected chi connectivity index (χ0v) is 20.3. The molecule has 1 unspecified atom stereocenters. The van der Waals surface area contributed by atoms with E-state index in [0.717, 1.165) is 0 Å². The van der Waals surface area contributed by atoms with Gasteiger partial charge in [-0.25, -0.2) is 13.2 Å². The lowest BCUT2D eigenvalue weighted by Crippen LogP contribution is -2.54. The number of hydrogen-bond acceptors (Lipinski definition) is 7. The fraction of sp³-hybridized carbons (Fsp3) is 0.609. The van der Waals surface area contributed by atoms with Gasteiger partial charge in [-0.1, -0.05) is 26.0 Å². The Morgan fingerprint density at radius 3 is 2.21 bits per heavy atom. The quantitative estimate of drug-likeness (QED) is 0.573. The van der Waals surface area contributed by atoms with Crippen LogP contribution in [-0.2, 0) is 19.6 Å². The van der Waals surface area contributed by atoms with E-state index in [1.165, 1.54) is 23.5 Å². The van der Waals surface area contributed by atoms with E-state index in [2.05, 4.69) is 11.0 Å². The highest BCUT2D eigenvalue weighted by Crippen LogP contribution is 2.27. The Bertz CT molecular complexity index is 1000. The summed E-state index contributed by atoms with van der Waals surface area (Å²) in [6.07, 6.45) is 0.872. The minimum Gasteiger partial charge on any atom is -0.465 e. The van der Waals surface area contributed by atoms with E-state index in [4.69, 9.17) is 4.74 Å². The average molecular weight is 477 g/mol. The van der Waals surface area contributed by atoms with Crippen molar-refractivity contribution in [1.29, 1.82) is 5.26 Å². The molecule has 1 aromatic carbocycles. The molecule has 0 radical (unpaired) electrons. The molecule has 0 spiro atoms. The summed E-state index contributed by atoms with van der Waals surface area (Å²) in [7, 11) is -2.67. The van der Waals surface area contributed by atoms with Crippen LogP contribution in [0.4, 0.5) is 0 Å². The molecule has 0 aromatic heterocycles. The molecule has 33 heavy (non-hydrogen) atoms.